The lowest BCUT2D eigenvalue weighted by Gasteiger charge is -2.12. The van der Waals surface area contributed by atoms with Crippen molar-refractivity contribution in [3.05, 3.63) is 31.5 Å². The number of H-pyrrole nitrogens is 1. The summed E-state index contributed by atoms with van der Waals surface area (Å²) in [4.78, 5) is 36.5. The number of carbonyl (C=O) groups excluding carboxylic acids is 1. The minimum Gasteiger partial charge on any atom is -0.353 e. The van der Waals surface area contributed by atoms with Crippen LogP contribution in [0.2, 0.25) is 0 Å². The Morgan fingerprint density at radius 1 is 1.53 bits per heavy atom. The molecule has 0 bridgehead atoms. The maximum atomic E-state index is 11.7. The summed E-state index contributed by atoms with van der Waals surface area (Å²) in [6, 6.07) is 0.308. The van der Waals surface area contributed by atoms with Crippen LogP contribution in [0.4, 0.5) is 0 Å². The topological polar surface area (TPSA) is 96.0 Å². The number of nitrogens with one attached hydrogen (secondary N) is 3. The predicted molar refractivity (Wildman–Crippen MR) is 73.1 cm³/mol. The summed E-state index contributed by atoms with van der Waals surface area (Å²) >= 11 is 3.02. The lowest BCUT2D eigenvalue weighted by atomic mass is 10.2. The number of hydrogen-bond acceptors (Lipinski definition) is 4. The van der Waals surface area contributed by atoms with E-state index in [1.165, 1.54) is 6.20 Å². The van der Waals surface area contributed by atoms with E-state index in [2.05, 4.69) is 31.5 Å². The summed E-state index contributed by atoms with van der Waals surface area (Å²) in [5.74, 6) is -0.255. The molecule has 1 aliphatic heterocycles. The van der Waals surface area contributed by atoms with Crippen molar-refractivity contribution in [3.63, 3.8) is 0 Å². The fourth-order valence-corrected chi connectivity index (χ4v) is 2.33. The molecule has 1 atom stereocenters. The van der Waals surface area contributed by atoms with Crippen molar-refractivity contribution in [2.24, 2.45) is 0 Å². The molecule has 1 aromatic heterocycles. The first-order valence-electron chi connectivity index (χ1n) is 6.05. The van der Waals surface area contributed by atoms with Gasteiger partial charge in [-0.15, -0.1) is 0 Å². The molecule has 7 nitrogen and oxygen atoms in total. The first kappa shape index (κ1) is 14.0. The van der Waals surface area contributed by atoms with E-state index in [4.69, 9.17) is 0 Å². The van der Waals surface area contributed by atoms with Gasteiger partial charge >= 0.3 is 5.69 Å². The third-order valence-electron chi connectivity index (χ3n) is 2.99. The number of nitrogens with zero attached hydrogens (tertiary/aromatic N) is 1. The second kappa shape index (κ2) is 6.16. The van der Waals surface area contributed by atoms with E-state index < -0.39 is 11.2 Å². The van der Waals surface area contributed by atoms with Crippen LogP contribution in [0, 0.1) is 0 Å². The third kappa shape index (κ3) is 3.77. The van der Waals surface area contributed by atoms with Gasteiger partial charge in [0.1, 0.15) is 6.54 Å². The van der Waals surface area contributed by atoms with Gasteiger partial charge in [0, 0.05) is 18.8 Å². The molecule has 0 aromatic carbocycles. The average Bonchev–Trinajstić information content (AvgIpc) is 2.86. The molecule has 19 heavy (non-hydrogen) atoms. The first-order valence-corrected chi connectivity index (χ1v) is 6.85. The summed E-state index contributed by atoms with van der Waals surface area (Å²) in [6.07, 6.45) is 3.48. The summed E-state index contributed by atoms with van der Waals surface area (Å²) in [7, 11) is 0. The van der Waals surface area contributed by atoms with E-state index in [9.17, 15) is 14.4 Å². The molecule has 0 aliphatic carbocycles. The van der Waals surface area contributed by atoms with Gasteiger partial charge < -0.3 is 10.6 Å². The van der Waals surface area contributed by atoms with E-state index in [1.54, 1.807) is 0 Å². The van der Waals surface area contributed by atoms with E-state index in [0.717, 1.165) is 24.0 Å². The van der Waals surface area contributed by atoms with Gasteiger partial charge in [-0.25, -0.2) is 4.79 Å². The van der Waals surface area contributed by atoms with Gasteiger partial charge in [-0.2, -0.15) is 0 Å². The molecule has 8 heteroatoms. The third-order valence-corrected chi connectivity index (χ3v) is 3.55. The smallest absolute Gasteiger partial charge is 0.328 e. The summed E-state index contributed by atoms with van der Waals surface area (Å²) in [5.41, 5.74) is -1.10. The summed E-state index contributed by atoms with van der Waals surface area (Å²) in [6.45, 7) is 1.42. The largest absolute Gasteiger partial charge is 0.353 e. The number of aromatic nitrogens is 2. The highest BCUT2D eigenvalue weighted by atomic mass is 79.9. The Morgan fingerprint density at radius 3 is 3.00 bits per heavy atom. The molecule has 104 valence electrons. The van der Waals surface area contributed by atoms with Crippen molar-refractivity contribution < 1.29 is 4.79 Å². The Balaban J connectivity index is 1.93. The van der Waals surface area contributed by atoms with E-state index >= 15 is 0 Å². The Kier molecular flexibility index (Phi) is 4.54. The first-order chi connectivity index (χ1) is 9.06. The minimum atomic E-state index is -0.595. The number of rotatable bonds is 4. The van der Waals surface area contributed by atoms with Crippen molar-refractivity contribution in [1.29, 1.82) is 0 Å². The van der Waals surface area contributed by atoms with Crippen LogP contribution < -0.4 is 21.9 Å². The second-order valence-electron chi connectivity index (χ2n) is 4.46. The molecule has 2 rings (SSSR count). The zero-order chi connectivity index (χ0) is 13.8. The van der Waals surface area contributed by atoms with E-state index in [0.29, 0.717) is 12.6 Å². The number of hydrogen-bond donors (Lipinski definition) is 3. The lowest BCUT2D eigenvalue weighted by molar-refractivity contribution is -0.121. The van der Waals surface area contributed by atoms with Crippen LogP contribution in [0.15, 0.2) is 20.3 Å². The molecule has 1 unspecified atom stereocenters. The fourth-order valence-electron chi connectivity index (χ4n) is 1.98. The number of halogens is 1. The van der Waals surface area contributed by atoms with Crippen LogP contribution in [-0.4, -0.2) is 34.6 Å². The zero-order valence-electron chi connectivity index (χ0n) is 10.2. The standard InChI is InChI=1S/C11H15BrN4O3/c12-8-5-16(11(19)15-10(8)18)6-9(17)14-4-7-2-1-3-13-7/h5,7,13H,1-4,6H2,(H,14,17)(H,15,18,19). The molecule has 1 saturated heterocycles. The SMILES string of the molecule is O=C(Cn1cc(Br)c(=O)[nH]c1=O)NCC1CCCN1. The Bertz CT molecular complexity index is 574. The molecule has 2 heterocycles. The fraction of sp³-hybridized carbons (Fsp3) is 0.545. The highest BCUT2D eigenvalue weighted by molar-refractivity contribution is 9.10. The molecule has 0 radical (unpaired) electrons. The molecular formula is C11H15BrN4O3. The van der Waals surface area contributed by atoms with E-state index in [-0.39, 0.29) is 16.9 Å². The molecule has 1 fully saturated rings. The number of aromatic amines is 1. The molecule has 0 saturated carbocycles. The molecular weight excluding hydrogens is 316 g/mol. The molecule has 0 spiro atoms. The van der Waals surface area contributed by atoms with Crippen LogP contribution >= 0.6 is 15.9 Å². The van der Waals surface area contributed by atoms with Gasteiger partial charge in [0.25, 0.3) is 5.56 Å². The molecule has 3 N–H and O–H groups in total. The van der Waals surface area contributed by atoms with Crippen molar-refractivity contribution in [1.82, 2.24) is 20.2 Å². The van der Waals surface area contributed by atoms with Crippen LogP contribution in [0.3, 0.4) is 0 Å². The van der Waals surface area contributed by atoms with Crippen LogP contribution in [0.5, 0.6) is 0 Å². The van der Waals surface area contributed by atoms with Crippen LogP contribution in [0.25, 0.3) is 0 Å². The van der Waals surface area contributed by atoms with Gasteiger partial charge in [-0.1, -0.05) is 0 Å². The van der Waals surface area contributed by atoms with Crippen molar-refractivity contribution >= 4 is 21.8 Å². The quantitative estimate of drug-likeness (QED) is 0.671. The maximum Gasteiger partial charge on any atom is 0.328 e. The van der Waals surface area contributed by atoms with E-state index in [1.807, 2.05) is 0 Å². The highest BCUT2D eigenvalue weighted by Crippen LogP contribution is 2.03. The molecule has 1 aliphatic rings. The highest BCUT2D eigenvalue weighted by Gasteiger charge is 2.15. The van der Waals surface area contributed by atoms with Gasteiger partial charge in [-0.05, 0) is 35.3 Å². The zero-order valence-corrected chi connectivity index (χ0v) is 11.8. The average molecular weight is 331 g/mol. The van der Waals surface area contributed by atoms with Crippen molar-refractivity contribution in [3.8, 4) is 0 Å². The summed E-state index contributed by atoms with van der Waals surface area (Å²) in [5, 5.41) is 6.03. The predicted octanol–water partition coefficient (Wildman–Crippen LogP) is -0.833. The van der Waals surface area contributed by atoms with Crippen molar-refractivity contribution in [2.45, 2.75) is 25.4 Å². The van der Waals surface area contributed by atoms with Crippen LogP contribution in [0.1, 0.15) is 12.8 Å². The Morgan fingerprint density at radius 2 is 2.32 bits per heavy atom. The maximum absolute atomic E-state index is 11.7. The normalized spacial score (nSPS) is 18.5. The molecule has 1 aromatic rings. The lowest BCUT2D eigenvalue weighted by Crippen LogP contribution is -2.40. The monoisotopic (exact) mass is 330 g/mol. The Labute approximate surface area is 117 Å². The second-order valence-corrected chi connectivity index (χ2v) is 5.32. The number of carbonyl (C=O) groups is 1. The van der Waals surface area contributed by atoms with Gasteiger partial charge in [0.2, 0.25) is 5.91 Å². The van der Waals surface area contributed by atoms with Gasteiger partial charge in [-0.3, -0.25) is 19.1 Å². The molecule has 1 amide bonds. The summed E-state index contributed by atoms with van der Waals surface area (Å²) < 4.78 is 1.38. The number of amides is 1. The minimum absolute atomic E-state index is 0.110. The van der Waals surface area contributed by atoms with Gasteiger partial charge in [0.05, 0.1) is 4.47 Å². The van der Waals surface area contributed by atoms with Crippen molar-refractivity contribution in [2.75, 3.05) is 13.1 Å². The van der Waals surface area contributed by atoms with Gasteiger partial charge in [0.15, 0.2) is 0 Å². The van der Waals surface area contributed by atoms with Crippen LogP contribution in [-0.2, 0) is 11.3 Å². The Hall–Kier alpha value is -1.41.